The summed E-state index contributed by atoms with van der Waals surface area (Å²) in [6, 6.07) is 7.59. The number of Topliss-reactive ketones (excluding diaryl/α,β-unsaturated/α-hetero) is 1. The molecule has 1 aromatic heterocycles. The smallest absolute Gasteiger partial charge is 0.332 e. The lowest BCUT2D eigenvalue weighted by Crippen LogP contribution is -2.45. The number of rotatable bonds is 4. The van der Waals surface area contributed by atoms with Crippen molar-refractivity contribution in [3.63, 3.8) is 0 Å². The highest BCUT2D eigenvalue weighted by Crippen LogP contribution is 2.31. The number of carbonyl (C=O) groups is 1. The molecule has 1 aliphatic rings. The molecular weight excluding hydrogens is 320 g/mol. The van der Waals surface area contributed by atoms with E-state index in [4.69, 9.17) is 5.73 Å². The van der Waals surface area contributed by atoms with Crippen molar-refractivity contribution in [1.29, 1.82) is 0 Å². The van der Waals surface area contributed by atoms with Gasteiger partial charge in [-0.1, -0.05) is 24.3 Å². The minimum absolute atomic E-state index is 0.0627. The lowest BCUT2D eigenvalue weighted by molar-refractivity contribution is 0.0942. The van der Waals surface area contributed by atoms with Crippen LogP contribution in [0.3, 0.4) is 0 Å². The predicted molar refractivity (Wildman–Crippen MR) is 95.8 cm³/mol. The number of nitrogen functional groups attached to an aromatic ring is 1. The van der Waals surface area contributed by atoms with Crippen LogP contribution in [0.5, 0.6) is 0 Å². The zero-order valence-corrected chi connectivity index (χ0v) is 14.6. The van der Waals surface area contributed by atoms with Crippen LogP contribution in [0, 0.1) is 0 Å². The lowest BCUT2D eigenvalue weighted by atomic mass is 10.0. The maximum absolute atomic E-state index is 12.8. The summed E-state index contributed by atoms with van der Waals surface area (Å²) in [7, 11) is 2.78. The van der Waals surface area contributed by atoms with Gasteiger partial charge in [0.1, 0.15) is 11.4 Å². The number of ketones is 1. The average molecular weight is 342 g/mol. The summed E-state index contributed by atoms with van der Waals surface area (Å²) in [5.74, 6) is -0.503. The summed E-state index contributed by atoms with van der Waals surface area (Å²) in [5, 5.41) is 3.30. The molecule has 132 valence electrons. The van der Waals surface area contributed by atoms with Gasteiger partial charge in [-0.05, 0) is 30.9 Å². The number of aromatic nitrogens is 2. The zero-order chi connectivity index (χ0) is 18.3. The lowest BCUT2D eigenvalue weighted by Gasteiger charge is -2.20. The minimum Gasteiger partial charge on any atom is -0.384 e. The Morgan fingerprint density at radius 3 is 2.64 bits per heavy atom. The molecule has 2 unspecified atom stereocenters. The Morgan fingerprint density at radius 1 is 1.24 bits per heavy atom. The Hall–Kier alpha value is -2.67. The monoisotopic (exact) mass is 342 g/mol. The molecule has 0 spiro atoms. The Bertz CT molecular complexity index is 958. The maximum atomic E-state index is 12.8. The van der Waals surface area contributed by atoms with Crippen molar-refractivity contribution in [2.24, 2.45) is 14.1 Å². The zero-order valence-electron chi connectivity index (χ0n) is 14.6. The fourth-order valence-electron chi connectivity index (χ4n) is 3.42. The predicted octanol–water partition coefficient (Wildman–Crippen LogP) is 0.515. The summed E-state index contributed by atoms with van der Waals surface area (Å²) >= 11 is 0. The molecule has 0 saturated carbocycles. The number of nitrogens with zero attached hydrogens (tertiary/aromatic N) is 2. The quantitative estimate of drug-likeness (QED) is 0.789. The number of hydrogen-bond donors (Lipinski definition) is 2. The molecule has 0 saturated heterocycles. The molecule has 25 heavy (non-hydrogen) atoms. The third-order valence-electron chi connectivity index (χ3n) is 4.93. The van der Waals surface area contributed by atoms with Gasteiger partial charge in [-0.3, -0.25) is 18.7 Å². The standard InChI is InChI=1S/C18H22N4O3/c1-10(20-13-9-8-11-6-4-5-7-12(11)13)15(23)14-16(19)21(2)18(25)22(3)17(14)24/h4-7,10,13,20H,8-9,19H2,1-3H3. The number of nitrogens with one attached hydrogen (secondary N) is 1. The molecule has 2 atom stereocenters. The molecule has 3 N–H and O–H groups in total. The Labute approximate surface area is 145 Å². The van der Waals surface area contributed by atoms with E-state index in [1.54, 1.807) is 6.92 Å². The van der Waals surface area contributed by atoms with Gasteiger partial charge in [0.15, 0.2) is 5.78 Å². The topological polar surface area (TPSA) is 99.1 Å². The van der Waals surface area contributed by atoms with Crippen molar-refractivity contribution in [1.82, 2.24) is 14.5 Å². The number of anilines is 1. The van der Waals surface area contributed by atoms with E-state index in [0.29, 0.717) is 0 Å². The molecule has 0 amide bonds. The van der Waals surface area contributed by atoms with Gasteiger partial charge < -0.3 is 11.1 Å². The first-order valence-corrected chi connectivity index (χ1v) is 8.26. The second kappa shape index (κ2) is 6.33. The number of benzene rings is 1. The van der Waals surface area contributed by atoms with Crippen LogP contribution in [0.4, 0.5) is 5.82 Å². The van der Waals surface area contributed by atoms with Gasteiger partial charge in [0, 0.05) is 20.1 Å². The Balaban J connectivity index is 1.90. The SMILES string of the molecule is CC(NC1CCc2ccccc21)C(=O)c1c(N)n(C)c(=O)n(C)c1=O. The summed E-state index contributed by atoms with van der Waals surface area (Å²) in [4.78, 5) is 37.1. The van der Waals surface area contributed by atoms with E-state index in [-0.39, 0.29) is 17.4 Å². The van der Waals surface area contributed by atoms with Crippen LogP contribution in [0.15, 0.2) is 33.9 Å². The number of hydrogen-bond acceptors (Lipinski definition) is 5. The summed E-state index contributed by atoms with van der Waals surface area (Å²) in [5.41, 5.74) is 6.98. The molecule has 0 bridgehead atoms. The van der Waals surface area contributed by atoms with E-state index in [1.807, 2.05) is 12.1 Å². The van der Waals surface area contributed by atoms with Crippen LogP contribution in [-0.4, -0.2) is 21.0 Å². The van der Waals surface area contributed by atoms with E-state index < -0.39 is 23.1 Å². The molecule has 2 aromatic rings. The molecule has 3 rings (SSSR count). The fourth-order valence-corrected chi connectivity index (χ4v) is 3.42. The van der Waals surface area contributed by atoms with E-state index >= 15 is 0 Å². The minimum atomic E-state index is -0.661. The molecule has 0 aliphatic heterocycles. The molecule has 7 nitrogen and oxygen atoms in total. The van der Waals surface area contributed by atoms with Crippen LogP contribution in [0.2, 0.25) is 0 Å². The molecule has 1 heterocycles. The van der Waals surface area contributed by atoms with E-state index in [9.17, 15) is 14.4 Å². The highest BCUT2D eigenvalue weighted by Gasteiger charge is 2.29. The average Bonchev–Trinajstić information content (AvgIpc) is 3.01. The second-order valence-electron chi connectivity index (χ2n) is 6.51. The fraction of sp³-hybridized carbons (Fsp3) is 0.389. The summed E-state index contributed by atoms with van der Waals surface area (Å²) in [6.07, 6.45) is 1.86. The van der Waals surface area contributed by atoms with Crippen molar-refractivity contribution in [3.05, 3.63) is 61.8 Å². The van der Waals surface area contributed by atoms with Crippen LogP contribution >= 0.6 is 0 Å². The maximum Gasteiger partial charge on any atom is 0.332 e. The highest BCUT2D eigenvalue weighted by atomic mass is 16.2. The largest absolute Gasteiger partial charge is 0.384 e. The van der Waals surface area contributed by atoms with E-state index in [0.717, 1.165) is 22.0 Å². The van der Waals surface area contributed by atoms with Gasteiger partial charge in [0.2, 0.25) is 0 Å². The summed E-state index contributed by atoms with van der Waals surface area (Å²) in [6.45, 7) is 1.72. The Morgan fingerprint density at radius 2 is 1.92 bits per heavy atom. The van der Waals surface area contributed by atoms with Crippen LogP contribution < -0.4 is 22.3 Å². The highest BCUT2D eigenvalue weighted by molar-refractivity contribution is 6.03. The normalized spacial score (nSPS) is 17.3. The third-order valence-corrected chi connectivity index (χ3v) is 4.93. The first kappa shape index (κ1) is 17.2. The third kappa shape index (κ3) is 2.80. The van der Waals surface area contributed by atoms with Crippen molar-refractivity contribution in [2.75, 3.05) is 5.73 Å². The van der Waals surface area contributed by atoms with Crippen LogP contribution in [0.25, 0.3) is 0 Å². The van der Waals surface area contributed by atoms with Gasteiger partial charge in [-0.25, -0.2) is 4.79 Å². The van der Waals surface area contributed by atoms with Crippen molar-refractivity contribution in [2.45, 2.75) is 31.8 Å². The molecule has 0 fully saturated rings. The number of nitrogens with two attached hydrogens (primary N) is 1. The van der Waals surface area contributed by atoms with Crippen LogP contribution in [0.1, 0.15) is 40.9 Å². The van der Waals surface area contributed by atoms with Crippen molar-refractivity contribution in [3.8, 4) is 0 Å². The van der Waals surface area contributed by atoms with Gasteiger partial charge in [0.05, 0.1) is 6.04 Å². The summed E-state index contributed by atoms with van der Waals surface area (Å²) < 4.78 is 2.02. The van der Waals surface area contributed by atoms with E-state index in [2.05, 4.69) is 17.4 Å². The molecule has 1 aliphatic carbocycles. The van der Waals surface area contributed by atoms with Crippen molar-refractivity contribution < 1.29 is 4.79 Å². The van der Waals surface area contributed by atoms with Crippen molar-refractivity contribution >= 4 is 11.6 Å². The molecule has 1 aromatic carbocycles. The van der Waals surface area contributed by atoms with Gasteiger partial charge in [-0.2, -0.15) is 0 Å². The molecular formula is C18H22N4O3. The first-order chi connectivity index (χ1) is 11.8. The number of carbonyl (C=O) groups excluding carboxylic acids is 1. The van der Waals surface area contributed by atoms with E-state index in [1.165, 1.54) is 25.2 Å². The molecule has 0 radical (unpaired) electrons. The number of fused-ring (bicyclic) bond motifs is 1. The molecule has 7 heteroatoms. The van der Waals surface area contributed by atoms with Gasteiger partial charge in [0.25, 0.3) is 5.56 Å². The van der Waals surface area contributed by atoms with Gasteiger partial charge >= 0.3 is 5.69 Å². The van der Waals surface area contributed by atoms with Gasteiger partial charge in [-0.15, -0.1) is 0 Å². The van der Waals surface area contributed by atoms with Crippen LogP contribution in [-0.2, 0) is 20.5 Å². The Kier molecular flexibility index (Phi) is 4.34. The first-order valence-electron chi connectivity index (χ1n) is 8.26. The number of aryl methyl sites for hydroxylation is 1. The second-order valence-corrected chi connectivity index (χ2v) is 6.51.